The first-order chi connectivity index (χ1) is 9.95. The second kappa shape index (κ2) is 7.48. The Balaban J connectivity index is 1.87. The molecule has 2 rings (SSSR count). The minimum absolute atomic E-state index is 0.0690. The number of rotatable bonds is 4. The molecule has 3 nitrogen and oxygen atoms in total. The van der Waals surface area contributed by atoms with E-state index in [4.69, 9.17) is 28.9 Å². The predicted octanol–water partition coefficient (Wildman–Crippen LogP) is 3.51. The monoisotopic (exact) mass is 328 g/mol. The average Bonchev–Trinajstić information content (AvgIpc) is 2.43. The van der Waals surface area contributed by atoms with Gasteiger partial charge in [-0.2, -0.15) is 0 Å². The molecule has 0 saturated carbocycles. The van der Waals surface area contributed by atoms with Gasteiger partial charge in [0.25, 0.3) is 0 Å². The molecule has 21 heavy (non-hydrogen) atoms. The van der Waals surface area contributed by atoms with Crippen LogP contribution in [-0.2, 0) is 11.2 Å². The Morgan fingerprint density at radius 3 is 2.67 bits per heavy atom. The molecular formula is C16H22Cl2N2O. The molecule has 116 valence electrons. The molecule has 1 aliphatic rings. The smallest absolute Gasteiger partial charge is 0.224 e. The number of carbonyl (C=O) groups is 1. The summed E-state index contributed by atoms with van der Waals surface area (Å²) in [5, 5.41) is 1.49. The molecule has 1 aromatic carbocycles. The molecule has 5 heteroatoms. The molecule has 0 radical (unpaired) electrons. The standard InChI is InChI=1S/C16H22Cl2N2O/c1-11(19)8-16(21)20-6-4-12(5-7-20)9-13-10-14(17)2-3-15(13)18/h2-3,10-12H,4-9,19H2,1H3. The molecule has 0 aliphatic carbocycles. The highest BCUT2D eigenvalue weighted by molar-refractivity contribution is 6.33. The van der Waals surface area contributed by atoms with E-state index in [1.165, 1.54) is 0 Å². The summed E-state index contributed by atoms with van der Waals surface area (Å²) in [5.74, 6) is 0.726. The molecule has 0 spiro atoms. The van der Waals surface area contributed by atoms with Gasteiger partial charge in [0.05, 0.1) is 0 Å². The highest BCUT2D eigenvalue weighted by atomic mass is 35.5. The highest BCUT2D eigenvalue weighted by Gasteiger charge is 2.23. The number of benzene rings is 1. The Hall–Kier alpha value is -0.770. The van der Waals surface area contributed by atoms with Gasteiger partial charge in [0.15, 0.2) is 0 Å². The summed E-state index contributed by atoms with van der Waals surface area (Å²) in [5.41, 5.74) is 6.79. The Labute approximate surface area is 136 Å². The van der Waals surface area contributed by atoms with Gasteiger partial charge in [-0.05, 0) is 55.9 Å². The maximum atomic E-state index is 12.0. The van der Waals surface area contributed by atoms with Crippen molar-refractivity contribution in [3.05, 3.63) is 33.8 Å². The first-order valence-electron chi connectivity index (χ1n) is 7.43. The number of nitrogens with two attached hydrogens (primary N) is 1. The summed E-state index contributed by atoms with van der Waals surface area (Å²) in [4.78, 5) is 13.9. The number of halogens is 2. The van der Waals surface area contributed by atoms with E-state index in [1.54, 1.807) is 0 Å². The van der Waals surface area contributed by atoms with Crippen molar-refractivity contribution < 1.29 is 4.79 Å². The second-order valence-corrected chi connectivity index (χ2v) is 6.79. The summed E-state index contributed by atoms with van der Waals surface area (Å²) in [7, 11) is 0. The molecule has 2 N–H and O–H groups in total. The number of hydrogen-bond acceptors (Lipinski definition) is 2. The molecule has 1 unspecified atom stereocenters. The van der Waals surface area contributed by atoms with E-state index < -0.39 is 0 Å². The number of carbonyl (C=O) groups excluding carboxylic acids is 1. The fourth-order valence-electron chi connectivity index (χ4n) is 2.80. The van der Waals surface area contributed by atoms with Crippen molar-refractivity contribution in [1.29, 1.82) is 0 Å². The van der Waals surface area contributed by atoms with Crippen molar-refractivity contribution in [2.75, 3.05) is 13.1 Å². The normalized spacial score (nSPS) is 17.8. The van der Waals surface area contributed by atoms with Gasteiger partial charge < -0.3 is 10.6 Å². The van der Waals surface area contributed by atoms with Gasteiger partial charge in [0.1, 0.15) is 0 Å². The summed E-state index contributed by atoms with van der Waals surface area (Å²) in [6.45, 7) is 3.49. The zero-order chi connectivity index (χ0) is 15.4. The molecule has 1 aromatic rings. The van der Waals surface area contributed by atoms with Crippen molar-refractivity contribution in [3.63, 3.8) is 0 Å². The number of likely N-dealkylation sites (tertiary alicyclic amines) is 1. The maximum absolute atomic E-state index is 12.0. The largest absolute Gasteiger partial charge is 0.343 e. The Kier molecular flexibility index (Phi) is 5.91. The zero-order valence-corrected chi connectivity index (χ0v) is 13.8. The van der Waals surface area contributed by atoms with Crippen LogP contribution in [0, 0.1) is 5.92 Å². The van der Waals surface area contributed by atoms with Crippen LogP contribution in [0.25, 0.3) is 0 Å². The van der Waals surface area contributed by atoms with Gasteiger partial charge >= 0.3 is 0 Å². The van der Waals surface area contributed by atoms with Crippen molar-refractivity contribution in [3.8, 4) is 0 Å². The van der Waals surface area contributed by atoms with Gasteiger partial charge in [0, 0.05) is 35.6 Å². The van der Waals surface area contributed by atoms with Crippen LogP contribution in [0.2, 0.25) is 10.0 Å². The molecule has 0 bridgehead atoms. The lowest BCUT2D eigenvalue weighted by Gasteiger charge is -2.32. The Bertz CT molecular complexity index is 497. The van der Waals surface area contributed by atoms with E-state index in [1.807, 2.05) is 30.0 Å². The molecule has 1 heterocycles. The van der Waals surface area contributed by atoms with Crippen LogP contribution in [0.4, 0.5) is 0 Å². The van der Waals surface area contributed by atoms with E-state index in [0.717, 1.165) is 48.0 Å². The number of piperidine rings is 1. The van der Waals surface area contributed by atoms with Crippen LogP contribution in [0.15, 0.2) is 18.2 Å². The van der Waals surface area contributed by atoms with E-state index in [-0.39, 0.29) is 11.9 Å². The van der Waals surface area contributed by atoms with Crippen LogP contribution in [0.1, 0.15) is 31.7 Å². The average molecular weight is 329 g/mol. The molecule has 0 aromatic heterocycles. The van der Waals surface area contributed by atoms with E-state index >= 15 is 0 Å². The summed E-state index contributed by atoms with van der Waals surface area (Å²) in [6.07, 6.45) is 3.38. The molecular weight excluding hydrogens is 307 g/mol. The van der Waals surface area contributed by atoms with Crippen molar-refractivity contribution in [2.24, 2.45) is 11.7 Å². The van der Waals surface area contributed by atoms with Crippen LogP contribution in [0.5, 0.6) is 0 Å². The number of amides is 1. The molecule has 1 amide bonds. The molecule has 1 saturated heterocycles. The third kappa shape index (κ3) is 4.87. The van der Waals surface area contributed by atoms with Crippen molar-refractivity contribution in [1.82, 2.24) is 4.90 Å². The van der Waals surface area contributed by atoms with Crippen LogP contribution < -0.4 is 5.73 Å². The van der Waals surface area contributed by atoms with Crippen LogP contribution in [0.3, 0.4) is 0 Å². The zero-order valence-electron chi connectivity index (χ0n) is 12.3. The topological polar surface area (TPSA) is 46.3 Å². The maximum Gasteiger partial charge on any atom is 0.224 e. The lowest BCUT2D eigenvalue weighted by molar-refractivity contribution is -0.132. The fraction of sp³-hybridized carbons (Fsp3) is 0.562. The van der Waals surface area contributed by atoms with Gasteiger partial charge in [-0.3, -0.25) is 4.79 Å². The van der Waals surface area contributed by atoms with Crippen molar-refractivity contribution in [2.45, 2.75) is 38.6 Å². The van der Waals surface area contributed by atoms with Gasteiger partial charge in [-0.1, -0.05) is 23.2 Å². The van der Waals surface area contributed by atoms with Gasteiger partial charge in [-0.15, -0.1) is 0 Å². The lowest BCUT2D eigenvalue weighted by atomic mass is 9.90. The second-order valence-electron chi connectivity index (χ2n) is 5.95. The molecule has 1 fully saturated rings. The minimum Gasteiger partial charge on any atom is -0.343 e. The highest BCUT2D eigenvalue weighted by Crippen LogP contribution is 2.27. The Morgan fingerprint density at radius 1 is 1.38 bits per heavy atom. The summed E-state index contributed by atoms with van der Waals surface area (Å²) >= 11 is 12.2. The first-order valence-corrected chi connectivity index (χ1v) is 8.18. The SMILES string of the molecule is CC(N)CC(=O)N1CCC(Cc2cc(Cl)ccc2Cl)CC1. The first kappa shape index (κ1) is 16.6. The van der Waals surface area contributed by atoms with Crippen LogP contribution >= 0.6 is 23.2 Å². The summed E-state index contributed by atoms with van der Waals surface area (Å²) < 4.78 is 0. The Morgan fingerprint density at radius 2 is 2.05 bits per heavy atom. The molecule has 1 atom stereocenters. The predicted molar refractivity (Wildman–Crippen MR) is 87.7 cm³/mol. The third-order valence-electron chi connectivity index (χ3n) is 3.98. The summed E-state index contributed by atoms with van der Waals surface area (Å²) in [6, 6.07) is 5.53. The fourth-order valence-corrected chi connectivity index (χ4v) is 3.19. The van der Waals surface area contributed by atoms with Crippen molar-refractivity contribution >= 4 is 29.1 Å². The van der Waals surface area contributed by atoms with Gasteiger partial charge in [0.2, 0.25) is 5.91 Å². The minimum atomic E-state index is -0.0690. The van der Waals surface area contributed by atoms with E-state index in [0.29, 0.717) is 12.3 Å². The number of nitrogens with zero attached hydrogens (tertiary/aromatic N) is 1. The van der Waals surface area contributed by atoms with Gasteiger partial charge in [-0.25, -0.2) is 0 Å². The quantitative estimate of drug-likeness (QED) is 0.919. The molecule has 1 aliphatic heterocycles. The third-order valence-corrected chi connectivity index (χ3v) is 4.58. The lowest BCUT2D eigenvalue weighted by Crippen LogP contribution is -2.40. The van der Waals surface area contributed by atoms with Crippen LogP contribution in [-0.4, -0.2) is 29.9 Å². The van der Waals surface area contributed by atoms with E-state index in [2.05, 4.69) is 0 Å². The van der Waals surface area contributed by atoms with E-state index in [9.17, 15) is 4.79 Å². The number of hydrogen-bond donors (Lipinski definition) is 1.